The Hall–Kier alpha value is -2.99. The zero-order valence-electron chi connectivity index (χ0n) is 20.4. The van der Waals surface area contributed by atoms with Crippen LogP contribution >= 0.6 is 0 Å². The van der Waals surface area contributed by atoms with Crippen LogP contribution in [0.5, 0.6) is 0 Å². The van der Waals surface area contributed by atoms with Gasteiger partial charge in [-0.2, -0.15) is 0 Å². The van der Waals surface area contributed by atoms with Crippen molar-refractivity contribution in [3.8, 4) is 11.1 Å². The summed E-state index contributed by atoms with van der Waals surface area (Å²) in [5.74, 6) is -0.139. The van der Waals surface area contributed by atoms with E-state index in [1.54, 1.807) is 0 Å². The molecule has 2 fully saturated rings. The third-order valence-corrected chi connectivity index (χ3v) is 7.70. The highest BCUT2D eigenvalue weighted by Crippen LogP contribution is 2.46. The summed E-state index contributed by atoms with van der Waals surface area (Å²) in [4.78, 5) is 13.0. The van der Waals surface area contributed by atoms with Gasteiger partial charge in [-0.15, -0.1) is 0 Å². The standard InChI is InChI=1S/C31H34O5/c32-25(16-11-21-7-3-1-4-8-21)17-18-26-27-19-30(33)35-29(27)20-28(26)36-31(34)24-14-12-23(13-15-24)22-9-5-2-6-10-22/h1-10,12-15,25-30,32-33H,11,16-20H2/t25-,26?,27?,28?,29?,30?/m0/s1. The van der Waals surface area contributed by atoms with Crippen LogP contribution < -0.4 is 0 Å². The number of benzene rings is 3. The molecule has 0 spiro atoms. The van der Waals surface area contributed by atoms with Crippen LogP contribution in [-0.2, 0) is 15.9 Å². The van der Waals surface area contributed by atoms with Crippen molar-refractivity contribution < 1.29 is 24.5 Å². The highest BCUT2D eigenvalue weighted by molar-refractivity contribution is 5.90. The van der Waals surface area contributed by atoms with Gasteiger partial charge in [-0.25, -0.2) is 4.79 Å². The molecule has 5 heteroatoms. The number of aliphatic hydroxyl groups is 2. The van der Waals surface area contributed by atoms with Gasteiger partial charge in [-0.05, 0) is 60.4 Å². The summed E-state index contributed by atoms with van der Waals surface area (Å²) in [6, 6.07) is 27.7. The number of hydrogen-bond acceptors (Lipinski definition) is 5. The molecule has 1 heterocycles. The second-order valence-electron chi connectivity index (χ2n) is 10.1. The van der Waals surface area contributed by atoms with Crippen molar-refractivity contribution in [1.82, 2.24) is 0 Å². The van der Waals surface area contributed by atoms with Crippen molar-refractivity contribution in [2.24, 2.45) is 11.8 Å². The Morgan fingerprint density at radius 2 is 1.56 bits per heavy atom. The van der Waals surface area contributed by atoms with Gasteiger partial charge in [-0.3, -0.25) is 0 Å². The first kappa shape index (κ1) is 24.7. The maximum atomic E-state index is 13.0. The average molecular weight is 487 g/mol. The second-order valence-corrected chi connectivity index (χ2v) is 10.1. The number of esters is 1. The Balaban J connectivity index is 1.20. The number of carbonyl (C=O) groups is 1. The molecule has 5 unspecified atom stereocenters. The first-order valence-corrected chi connectivity index (χ1v) is 13.0. The summed E-state index contributed by atoms with van der Waals surface area (Å²) >= 11 is 0. The first-order chi connectivity index (χ1) is 17.6. The third kappa shape index (κ3) is 5.86. The number of hydrogen-bond donors (Lipinski definition) is 2. The second kappa shape index (κ2) is 11.4. The van der Waals surface area contributed by atoms with Gasteiger partial charge in [0.2, 0.25) is 0 Å². The molecule has 3 aromatic carbocycles. The van der Waals surface area contributed by atoms with E-state index < -0.39 is 12.4 Å². The molecular formula is C31H34O5. The average Bonchev–Trinajstić information content (AvgIpc) is 3.42. The van der Waals surface area contributed by atoms with Crippen LogP contribution in [0.4, 0.5) is 0 Å². The number of fused-ring (bicyclic) bond motifs is 1. The lowest BCUT2D eigenvalue weighted by Crippen LogP contribution is -2.27. The van der Waals surface area contributed by atoms with Gasteiger partial charge in [0.25, 0.3) is 0 Å². The van der Waals surface area contributed by atoms with Crippen LogP contribution in [0.3, 0.4) is 0 Å². The van der Waals surface area contributed by atoms with Crippen molar-refractivity contribution in [2.45, 2.75) is 63.1 Å². The van der Waals surface area contributed by atoms with E-state index in [1.807, 2.05) is 72.8 Å². The SMILES string of the molecule is O=C(OC1CC2OC(O)CC2C1CC[C@@H](O)CCc1ccccc1)c1ccc(-c2ccccc2)cc1. The van der Waals surface area contributed by atoms with Gasteiger partial charge in [-0.1, -0.05) is 72.8 Å². The van der Waals surface area contributed by atoms with Crippen molar-refractivity contribution >= 4 is 5.97 Å². The van der Waals surface area contributed by atoms with Crippen LogP contribution in [-0.4, -0.2) is 40.8 Å². The van der Waals surface area contributed by atoms with Crippen molar-refractivity contribution in [3.63, 3.8) is 0 Å². The summed E-state index contributed by atoms with van der Waals surface area (Å²) < 4.78 is 11.7. The zero-order chi connectivity index (χ0) is 24.9. The Bertz CT molecular complexity index is 1110. The molecule has 36 heavy (non-hydrogen) atoms. The molecule has 0 aromatic heterocycles. The molecule has 5 nitrogen and oxygen atoms in total. The molecule has 0 bridgehead atoms. The van der Waals surface area contributed by atoms with Gasteiger partial charge in [0.15, 0.2) is 6.29 Å². The zero-order valence-corrected chi connectivity index (χ0v) is 20.4. The minimum absolute atomic E-state index is 0.0612. The largest absolute Gasteiger partial charge is 0.458 e. The van der Waals surface area contributed by atoms with Crippen LogP contribution in [0, 0.1) is 11.8 Å². The van der Waals surface area contributed by atoms with Crippen LogP contribution in [0.25, 0.3) is 11.1 Å². The molecular weight excluding hydrogens is 452 g/mol. The smallest absolute Gasteiger partial charge is 0.338 e. The fourth-order valence-electron chi connectivity index (χ4n) is 5.78. The molecule has 1 aliphatic heterocycles. The number of carbonyl (C=O) groups excluding carboxylic acids is 1. The summed E-state index contributed by atoms with van der Waals surface area (Å²) in [6.07, 6.45) is 2.47. The quantitative estimate of drug-likeness (QED) is 0.396. The molecule has 6 atom stereocenters. The van der Waals surface area contributed by atoms with E-state index in [2.05, 4.69) is 12.1 Å². The normalized spacial score (nSPS) is 25.9. The molecule has 1 aliphatic carbocycles. The minimum atomic E-state index is -0.757. The predicted octanol–water partition coefficient (Wildman–Crippen LogP) is 5.40. The van der Waals surface area contributed by atoms with E-state index in [-0.39, 0.29) is 30.0 Å². The monoisotopic (exact) mass is 486 g/mol. The molecule has 2 N–H and O–H groups in total. The molecule has 1 saturated heterocycles. The van der Waals surface area contributed by atoms with Gasteiger partial charge in [0.1, 0.15) is 6.10 Å². The van der Waals surface area contributed by atoms with E-state index in [4.69, 9.17) is 9.47 Å². The lowest BCUT2D eigenvalue weighted by atomic mass is 9.86. The van der Waals surface area contributed by atoms with Crippen molar-refractivity contribution in [3.05, 3.63) is 96.1 Å². The van der Waals surface area contributed by atoms with Gasteiger partial charge in [0, 0.05) is 18.8 Å². The molecule has 1 saturated carbocycles. The fourth-order valence-corrected chi connectivity index (χ4v) is 5.78. The molecule has 188 valence electrons. The minimum Gasteiger partial charge on any atom is -0.458 e. The van der Waals surface area contributed by atoms with E-state index >= 15 is 0 Å². The summed E-state index contributed by atoms with van der Waals surface area (Å²) in [5, 5.41) is 20.7. The molecule has 0 radical (unpaired) electrons. The van der Waals surface area contributed by atoms with Gasteiger partial charge in [0.05, 0.1) is 17.8 Å². The summed E-state index contributed by atoms with van der Waals surface area (Å²) in [6.45, 7) is 0. The number of rotatable bonds is 9. The predicted molar refractivity (Wildman–Crippen MR) is 138 cm³/mol. The van der Waals surface area contributed by atoms with E-state index in [0.717, 1.165) is 24.0 Å². The van der Waals surface area contributed by atoms with Gasteiger partial charge < -0.3 is 19.7 Å². The van der Waals surface area contributed by atoms with E-state index in [0.29, 0.717) is 31.2 Å². The third-order valence-electron chi connectivity index (χ3n) is 7.70. The Morgan fingerprint density at radius 3 is 2.28 bits per heavy atom. The fraction of sp³-hybridized carbons (Fsp3) is 0.387. The van der Waals surface area contributed by atoms with E-state index in [1.165, 1.54) is 5.56 Å². The van der Waals surface area contributed by atoms with Crippen LogP contribution in [0.2, 0.25) is 0 Å². The van der Waals surface area contributed by atoms with Crippen molar-refractivity contribution in [2.75, 3.05) is 0 Å². The Morgan fingerprint density at radius 1 is 0.889 bits per heavy atom. The molecule has 5 rings (SSSR count). The molecule has 0 amide bonds. The molecule has 2 aliphatic rings. The topological polar surface area (TPSA) is 76.0 Å². The Labute approximate surface area is 212 Å². The van der Waals surface area contributed by atoms with Crippen LogP contribution in [0.1, 0.15) is 48.0 Å². The lowest BCUT2D eigenvalue weighted by molar-refractivity contribution is -0.0958. The van der Waals surface area contributed by atoms with Gasteiger partial charge >= 0.3 is 5.97 Å². The van der Waals surface area contributed by atoms with Crippen LogP contribution in [0.15, 0.2) is 84.9 Å². The number of aryl methyl sites for hydroxylation is 1. The Kier molecular flexibility index (Phi) is 7.81. The number of aliphatic hydroxyl groups excluding tert-OH is 2. The summed E-state index contributed by atoms with van der Waals surface area (Å²) in [7, 11) is 0. The highest BCUT2D eigenvalue weighted by Gasteiger charge is 2.50. The van der Waals surface area contributed by atoms with E-state index in [9.17, 15) is 15.0 Å². The maximum absolute atomic E-state index is 13.0. The van der Waals surface area contributed by atoms with Crippen molar-refractivity contribution in [1.29, 1.82) is 0 Å². The number of ether oxygens (including phenoxy) is 2. The maximum Gasteiger partial charge on any atom is 0.338 e. The highest BCUT2D eigenvalue weighted by atomic mass is 16.6. The lowest BCUT2D eigenvalue weighted by Gasteiger charge is -2.25. The summed E-state index contributed by atoms with van der Waals surface area (Å²) in [5.41, 5.74) is 3.89. The molecule has 3 aromatic rings. The first-order valence-electron chi connectivity index (χ1n) is 13.0.